The number of carbonyl (C=O) groups excluding carboxylic acids is 2. The van der Waals surface area contributed by atoms with Gasteiger partial charge in [0.25, 0.3) is 0 Å². The van der Waals surface area contributed by atoms with E-state index in [2.05, 4.69) is 15.5 Å². The van der Waals surface area contributed by atoms with Gasteiger partial charge in [0, 0.05) is 0 Å². The number of nitrogens with one attached hydrogen (secondary N) is 2. The molecule has 2 rings (SSSR count). The summed E-state index contributed by atoms with van der Waals surface area (Å²) in [6.45, 7) is 0. The molecule has 104 valence electrons. The number of aromatic nitrogens is 2. The van der Waals surface area contributed by atoms with Crippen LogP contribution in [0, 0.1) is 5.92 Å². The maximum Gasteiger partial charge on any atom is 0.408 e. The molecule has 19 heavy (non-hydrogen) atoms. The van der Waals surface area contributed by atoms with Gasteiger partial charge in [-0.3, -0.25) is 14.9 Å². The molecule has 10 heteroatoms. The minimum Gasteiger partial charge on any atom is -0.344 e. The van der Waals surface area contributed by atoms with Gasteiger partial charge in [-0.2, -0.15) is 13.2 Å². The fourth-order valence-electron chi connectivity index (χ4n) is 1.72. The minimum absolute atomic E-state index is 0.152. The zero-order valence-corrected chi connectivity index (χ0v) is 10.2. The Bertz CT molecular complexity index is 476. The summed E-state index contributed by atoms with van der Waals surface area (Å²) in [7, 11) is 0. The lowest BCUT2D eigenvalue weighted by molar-refractivity contribution is -0.170. The van der Waals surface area contributed by atoms with Gasteiger partial charge in [-0.25, -0.2) is 0 Å². The average molecular weight is 294 g/mol. The lowest BCUT2D eigenvalue weighted by atomic mass is 9.93. The summed E-state index contributed by atoms with van der Waals surface area (Å²) in [5.74, 6) is -2.73. The van der Waals surface area contributed by atoms with E-state index in [4.69, 9.17) is 0 Å². The second-order valence-electron chi connectivity index (χ2n) is 3.97. The standard InChI is InChI=1S/C9H9F3N4O2S/c10-9(11,12)5-2-1-4(6(17)14-5)7(18)15-8-16-13-3-19-8/h3-5H,1-2H2,(H,14,17)(H,15,16,18)/t4-,5-/m1/s1. The van der Waals surface area contributed by atoms with Crippen LogP contribution in [0.4, 0.5) is 18.3 Å². The second kappa shape index (κ2) is 5.11. The van der Waals surface area contributed by atoms with Crippen molar-refractivity contribution in [3.05, 3.63) is 5.51 Å². The highest BCUT2D eigenvalue weighted by Crippen LogP contribution is 2.28. The van der Waals surface area contributed by atoms with E-state index >= 15 is 0 Å². The second-order valence-corrected chi connectivity index (χ2v) is 4.80. The predicted molar refractivity (Wildman–Crippen MR) is 59.2 cm³/mol. The van der Waals surface area contributed by atoms with Crippen molar-refractivity contribution < 1.29 is 22.8 Å². The SMILES string of the molecule is O=C(Nc1nncs1)[C@@H]1CC[C@H](C(F)(F)F)NC1=O. The van der Waals surface area contributed by atoms with Gasteiger partial charge in [0.2, 0.25) is 16.9 Å². The van der Waals surface area contributed by atoms with Crippen LogP contribution in [-0.2, 0) is 9.59 Å². The van der Waals surface area contributed by atoms with E-state index in [1.165, 1.54) is 5.51 Å². The van der Waals surface area contributed by atoms with Crippen molar-refractivity contribution in [1.29, 1.82) is 0 Å². The Morgan fingerprint density at radius 1 is 1.47 bits per heavy atom. The molecule has 6 nitrogen and oxygen atoms in total. The number of anilines is 1. The molecule has 1 saturated heterocycles. The van der Waals surface area contributed by atoms with E-state index in [1.54, 1.807) is 0 Å². The zero-order chi connectivity index (χ0) is 14.0. The van der Waals surface area contributed by atoms with Gasteiger partial charge in [0.15, 0.2) is 0 Å². The lowest BCUT2D eigenvalue weighted by Gasteiger charge is -2.29. The van der Waals surface area contributed by atoms with Crippen molar-refractivity contribution in [2.24, 2.45) is 5.92 Å². The number of alkyl halides is 3. The maximum absolute atomic E-state index is 12.4. The summed E-state index contributed by atoms with van der Waals surface area (Å²) in [4.78, 5) is 23.2. The van der Waals surface area contributed by atoms with Gasteiger partial charge in [-0.15, -0.1) is 10.2 Å². The molecule has 0 aromatic carbocycles. The van der Waals surface area contributed by atoms with Crippen LogP contribution in [0.15, 0.2) is 5.51 Å². The smallest absolute Gasteiger partial charge is 0.344 e. The third-order valence-electron chi connectivity index (χ3n) is 2.68. The van der Waals surface area contributed by atoms with Gasteiger partial charge in [0.05, 0.1) is 0 Å². The van der Waals surface area contributed by atoms with Crippen LogP contribution in [0.2, 0.25) is 0 Å². The highest BCUT2D eigenvalue weighted by Gasteiger charge is 2.45. The van der Waals surface area contributed by atoms with E-state index in [1.807, 2.05) is 5.32 Å². The summed E-state index contributed by atoms with van der Waals surface area (Å²) in [5.41, 5.74) is 1.39. The third-order valence-corrected chi connectivity index (χ3v) is 3.29. The van der Waals surface area contributed by atoms with Crippen LogP contribution in [-0.4, -0.2) is 34.2 Å². The molecule has 0 radical (unpaired) electrons. The summed E-state index contributed by atoms with van der Waals surface area (Å²) in [6, 6.07) is -1.88. The first-order valence-corrected chi connectivity index (χ1v) is 6.20. The number of halogens is 3. The number of rotatable bonds is 2. The number of carbonyl (C=O) groups is 2. The number of nitrogens with zero attached hydrogens (tertiary/aromatic N) is 2. The van der Waals surface area contributed by atoms with Crippen LogP contribution >= 0.6 is 11.3 Å². The highest BCUT2D eigenvalue weighted by atomic mass is 32.1. The van der Waals surface area contributed by atoms with Crippen molar-refractivity contribution in [1.82, 2.24) is 15.5 Å². The average Bonchev–Trinajstić information content (AvgIpc) is 2.80. The van der Waals surface area contributed by atoms with E-state index < -0.39 is 30.0 Å². The van der Waals surface area contributed by atoms with Gasteiger partial charge < -0.3 is 5.32 Å². The first-order chi connectivity index (χ1) is 8.88. The number of piperidine rings is 1. The third kappa shape index (κ3) is 3.19. The van der Waals surface area contributed by atoms with Crippen molar-refractivity contribution in [2.45, 2.75) is 25.1 Å². The molecular formula is C9H9F3N4O2S. The van der Waals surface area contributed by atoms with Gasteiger partial charge in [-0.05, 0) is 12.8 Å². The molecule has 0 unspecified atom stereocenters. The molecule has 1 aliphatic rings. The van der Waals surface area contributed by atoms with Crippen LogP contribution in [0.3, 0.4) is 0 Å². The Labute approximate surface area is 109 Å². The Hall–Kier alpha value is -1.71. The normalized spacial score (nSPS) is 23.8. The molecule has 2 atom stereocenters. The molecule has 1 fully saturated rings. The Balaban J connectivity index is 1.96. The molecule has 1 aromatic rings. The fraction of sp³-hybridized carbons (Fsp3) is 0.556. The maximum atomic E-state index is 12.4. The fourth-order valence-corrected chi connectivity index (χ4v) is 2.17. The monoisotopic (exact) mass is 294 g/mol. The summed E-state index contributed by atoms with van der Waals surface area (Å²) < 4.78 is 37.2. The highest BCUT2D eigenvalue weighted by molar-refractivity contribution is 7.13. The molecular weight excluding hydrogens is 285 g/mol. The van der Waals surface area contributed by atoms with Crippen molar-refractivity contribution in [2.75, 3.05) is 5.32 Å². The Kier molecular flexibility index (Phi) is 3.69. The molecule has 0 saturated carbocycles. The van der Waals surface area contributed by atoms with Crippen LogP contribution in [0.1, 0.15) is 12.8 Å². The molecule has 1 aromatic heterocycles. The van der Waals surface area contributed by atoms with Crippen LogP contribution < -0.4 is 10.6 Å². The Morgan fingerprint density at radius 2 is 2.21 bits per heavy atom. The van der Waals surface area contributed by atoms with Crippen molar-refractivity contribution in [3.63, 3.8) is 0 Å². The molecule has 0 bridgehead atoms. The molecule has 0 aliphatic carbocycles. The molecule has 2 heterocycles. The summed E-state index contributed by atoms with van der Waals surface area (Å²) >= 11 is 1.06. The minimum atomic E-state index is -4.49. The van der Waals surface area contributed by atoms with Crippen molar-refractivity contribution in [3.8, 4) is 0 Å². The first kappa shape index (κ1) is 13.7. The lowest BCUT2D eigenvalue weighted by Crippen LogP contribution is -2.53. The molecule has 2 N–H and O–H groups in total. The zero-order valence-electron chi connectivity index (χ0n) is 9.40. The summed E-state index contributed by atoms with van der Waals surface area (Å²) in [6.07, 6.45) is -4.96. The quantitative estimate of drug-likeness (QED) is 0.795. The van der Waals surface area contributed by atoms with E-state index in [0.29, 0.717) is 0 Å². The molecule has 1 aliphatic heterocycles. The van der Waals surface area contributed by atoms with Gasteiger partial charge >= 0.3 is 6.18 Å². The van der Waals surface area contributed by atoms with E-state index in [9.17, 15) is 22.8 Å². The summed E-state index contributed by atoms with van der Waals surface area (Å²) in [5, 5.41) is 11.4. The van der Waals surface area contributed by atoms with Crippen LogP contribution in [0.5, 0.6) is 0 Å². The predicted octanol–water partition coefficient (Wildman–Crippen LogP) is 0.934. The topological polar surface area (TPSA) is 84.0 Å². The Morgan fingerprint density at radius 3 is 2.74 bits per heavy atom. The first-order valence-electron chi connectivity index (χ1n) is 5.32. The van der Waals surface area contributed by atoms with Gasteiger partial charge in [-0.1, -0.05) is 11.3 Å². The molecule has 0 spiro atoms. The molecule has 2 amide bonds. The number of hydrogen-bond acceptors (Lipinski definition) is 5. The van der Waals surface area contributed by atoms with E-state index in [0.717, 1.165) is 11.3 Å². The van der Waals surface area contributed by atoms with E-state index in [-0.39, 0.29) is 18.0 Å². The van der Waals surface area contributed by atoms with Crippen LogP contribution in [0.25, 0.3) is 0 Å². The van der Waals surface area contributed by atoms with Crippen molar-refractivity contribution >= 4 is 28.3 Å². The van der Waals surface area contributed by atoms with Gasteiger partial charge in [0.1, 0.15) is 17.5 Å². The number of amides is 2. The number of hydrogen-bond donors (Lipinski definition) is 2. The largest absolute Gasteiger partial charge is 0.408 e.